The molecule has 0 atom stereocenters. The van der Waals surface area contributed by atoms with E-state index in [4.69, 9.17) is 4.74 Å². The fraction of sp³-hybridized carbons (Fsp3) is 0.533. The SMILES string of the molecule is CCC(C)(CC)c1c(OC)cccc1C(=O)NC. The minimum atomic E-state index is -0.0583. The van der Waals surface area contributed by atoms with Crippen LogP contribution in [0.5, 0.6) is 5.75 Å². The minimum absolute atomic E-state index is 0.0472. The first-order valence-electron chi connectivity index (χ1n) is 6.43. The Morgan fingerprint density at radius 2 is 1.94 bits per heavy atom. The Hall–Kier alpha value is -1.51. The highest BCUT2D eigenvalue weighted by atomic mass is 16.5. The van der Waals surface area contributed by atoms with Gasteiger partial charge >= 0.3 is 0 Å². The van der Waals surface area contributed by atoms with Crippen molar-refractivity contribution in [3.63, 3.8) is 0 Å². The van der Waals surface area contributed by atoms with Crippen molar-refractivity contribution in [3.8, 4) is 5.75 Å². The van der Waals surface area contributed by atoms with Gasteiger partial charge in [-0.25, -0.2) is 0 Å². The van der Waals surface area contributed by atoms with E-state index in [0.717, 1.165) is 24.2 Å². The molecule has 1 N–H and O–H groups in total. The molecule has 0 unspecified atom stereocenters. The van der Waals surface area contributed by atoms with Crippen molar-refractivity contribution in [2.75, 3.05) is 14.2 Å². The summed E-state index contributed by atoms with van der Waals surface area (Å²) >= 11 is 0. The second-order valence-electron chi connectivity index (χ2n) is 4.73. The molecule has 0 heterocycles. The number of ether oxygens (including phenoxy) is 1. The van der Waals surface area contributed by atoms with Crippen LogP contribution in [-0.2, 0) is 5.41 Å². The van der Waals surface area contributed by atoms with Gasteiger partial charge in [-0.15, -0.1) is 0 Å². The van der Waals surface area contributed by atoms with E-state index in [1.54, 1.807) is 14.2 Å². The molecule has 0 radical (unpaired) electrons. The average molecular weight is 249 g/mol. The van der Waals surface area contributed by atoms with E-state index in [1.165, 1.54) is 0 Å². The maximum atomic E-state index is 12.0. The Balaban J connectivity index is 3.50. The first-order valence-corrected chi connectivity index (χ1v) is 6.43. The van der Waals surface area contributed by atoms with Crippen LogP contribution >= 0.6 is 0 Å². The highest BCUT2D eigenvalue weighted by Crippen LogP contribution is 2.39. The Morgan fingerprint density at radius 1 is 1.33 bits per heavy atom. The van der Waals surface area contributed by atoms with Crippen LogP contribution in [0.15, 0.2) is 18.2 Å². The van der Waals surface area contributed by atoms with E-state index in [0.29, 0.717) is 5.56 Å². The lowest BCUT2D eigenvalue weighted by Gasteiger charge is -2.31. The minimum Gasteiger partial charge on any atom is -0.496 e. The van der Waals surface area contributed by atoms with Crippen LogP contribution in [0.4, 0.5) is 0 Å². The quantitative estimate of drug-likeness (QED) is 0.870. The Bertz CT molecular complexity index is 423. The zero-order valence-electron chi connectivity index (χ0n) is 12.0. The third kappa shape index (κ3) is 2.50. The summed E-state index contributed by atoms with van der Waals surface area (Å²) in [5, 5.41) is 2.70. The topological polar surface area (TPSA) is 38.3 Å². The van der Waals surface area contributed by atoms with E-state index in [-0.39, 0.29) is 11.3 Å². The Kier molecular flexibility index (Phi) is 4.76. The highest BCUT2D eigenvalue weighted by Gasteiger charge is 2.30. The van der Waals surface area contributed by atoms with Crippen LogP contribution in [0.25, 0.3) is 0 Å². The number of rotatable bonds is 5. The second kappa shape index (κ2) is 5.89. The lowest BCUT2D eigenvalue weighted by molar-refractivity contribution is 0.0959. The average Bonchev–Trinajstić information content (AvgIpc) is 2.44. The van der Waals surface area contributed by atoms with Crippen molar-refractivity contribution in [2.45, 2.75) is 39.0 Å². The van der Waals surface area contributed by atoms with Gasteiger partial charge in [0.2, 0.25) is 0 Å². The largest absolute Gasteiger partial charge is 0.496 e. The molecule has 1 rings (SSSR count). The number of hydrogen-bond donors (Lipinski definition) is 1. The van der Waals surface area contributed by atoms with Gasteiger partial charge in [0, 0.05) is 18.2 Å². The highest BCUT2D eigenvalue weighted by molar-refractivity contribution is 5.96. The van der Waals surface area contributed by atoms with E-state index in [2.05, 4.69) is 26.1 Å². The summed E-state index contributed by atoms with van der Waals surface area (Å²) in [5.41, 5.74) is 1.67. The molecule has 0 aromatic heterocycles. The maximum Gasteiger partial charge on any atom is 0.251 e. The van der Waals surface area contributed by atoms with Crippen molar-refractivity contribution >= 4 is 5.91 Å². The van der Waals surface area contributed by atoms with Gasteiger partial charge < -0.3 is 10.1 Å². The lowest BCUT2D eigenvalue weighted by Crippen LogP contribution is -2.27. The number of nitrogens with one attached hydrogen (secondary N) is 1. The molecule has 3 heteroatoms. The first-order chi connectivity index (χ1) is 8.53. The Morgan fingerprint density at radius 3 is 2.39 bits per heavy atom. The van der Waals surface area contributed by atoms with Gasteiger partial charge in [0.15, 0.2) is 0 Å². The third-order valence-electron chi connectivity index (χ3n) is 3.88. The molecule has 1 aromatic rings. The number of benzene rings is 1. The molecule has 1 aromatic carbocycles. The van der Waals surface area contributed by atoms with Crippen LogP contribution < -0.4 is 10.1 Å². The summed E-state index contributed by atoms with van der Waals surface area (Å²) in [6.45, 7) is 6.46. The molecule has 0 fully saturated rings. The van der Waals surface area contributed by atoms with E-state index in [9.17, 15) is 4.79 Å². The molecule has 0 bridgehead atoms. The molecule has 0 saturated carbocycles. The standard InChI is InChI=1S/C15H23NO2/c1-6-15(3,7-2)13-11(14(17)16-4)9-8-10-12(13)18-5/h8-10H,6-7H2,1-5H3,(H,16,17). The summed E-state index contributed by atoms with van der Waals surface area (Å²) in [6.07, 6.45) is 1.93. The van der Waals surface area contributed by atoms with Gasteiger partial charge in [-0.1, -0.05) is 26.8 Å². The molecule has 100 valence electrons. The van der Waals surface area contributed by atoms with Gasteiger partial charge in [-0.05, 0) is 30.4 Å². The van der Waals surface area contributed by atoms with Crippen LogP contribution in [-0.4, -0.2) is 20.1 Å². The molecular weight excluding hydrogens is 226 g/mol. The lowest BCUT2D eigenvalue weighted by atomic mass is 9.75. The first kappa shape index (κ1) is 14.6. The molecule has 0 aliphatic carbocycles. The molecular formula is C15H23NO2. The molecule has 0 saturated heterocycles. The van der Waals surface area contributed by atoms with Crippen molar-refractivity contribution in [1.82, 2.24) is 5.32 Å². The van der Waals surface area contributed by atoms with Crippen molar-refractivity contribution in [1.29, 1.82) is 0 Å². The molecule has 0 aliphatic rings. The Labute approximate surface area is 110 Å². The monoisotopic (exact) mass is 249 g/mol. The summed E-state index contributed by atoms with van der Waals surface area (Å²) in [6, 6.07) is 5.64. The van der Waals surface area contributed by atoms with Crippen molar-refractivity contribution < 1.29 is 9.53 Å². The molecule has 3 nitrogen and oxygen atoms in total. The van der Waals surface area contributed by atoms with Crippen molar-refractivity contribution in [2.24, 2.45) is 0 Å². The van der Waals surface area contributed by atoms with E-state index >= 15 is 0 Å². The van der Waals surface area contributed by atoms with Crippen LogP contribution in [0.1, 0.15) is 49.5 Å². The number of hydrogen-bond acceptors (Lipinski definition) is 2. The summed E-state index contributed by atoms with van der Waals surface area (Å²) in [7, 11) is 3.30. The third-order valence-corrected chi connectivity index (χ3v) is 3.88. The number of amides is 1. The van der Waals surface area contributed by atoms with Gasteiger partial charge in [-0.2, -0.15) is 0 Å². The molecule has 0 aliphatic heterocycles. The van der Waals surface area contributed by atoms with Gasteiger partial charge in [0.1, 0.15) is 5.75 Å². The zero-order valence-corrected chi connectivity index (χ0v) is 12.0. The normalized spacial score (nSPS) is 11.2. The molecule has 1 amide bonds. The summed E-state index contributed by atoms with van der Waals surface area (Å²) < 4.78 is 5.45. The van der Waals surface area contributed by atoms with E-state index < -0.39 is 0 Å². The predicted molar refractivity (Wildman–Crippen MR) is 74.3 cm³/mol. The van der Waals surface area contributed by atoms with Gasteiger partial charge in [-0.3, -0.25) is 4.79 Å². The van der Waals surface area contributed by atoms with Crippen molar-refractivity contribution in [3.05, 3.63) is 29.3 Å². The smallest absolute Gasteiger partial charge is 0.251 e. The van der Waals surface area contributed by atoms with Crippen LogP contribution in [0.2, 0.25) is 0 Å². The number of carbonyl (C=O) groups excluding carboxylic acids is 1. The number of carbonyl (C=O) groups is 1. The van der Waals surface area contributed by atoms with Gasteiger partial charge in [0.25, 0.3) is 5.91 Å². The summed E-state index contributed by atoms with van der Waals surface area (Å²) in [4.78, 5) is 12.0. The van der Waals surface area contributed by atoms with Crippen LogP contribution in [0.3, 0.4) is 0 Å². The van der Waals surface area contributed by atoms with E-state index in [1.807, 2.05) is 18.2 Å². The predicted octanol–water partition coefficient (Wildman–Crippen LogP) is 3.13. The van der Waals surface area contributed by atoms with Crippen LogP contribution in [0, 0.1) is 0 Å². The maximum absolute atomic E-state index is 12.0. The fourth-order valence-electron chi connectivity index (χ4n) is 2.25. The number of methoxy groups -OCH3 is 1. The molecule has 18 heavy (non-hydrogen) atoms. The summed E-state index contributed by atoms with van der Waals surface area (Å²) in [5.74, 6) is 0.735. The van der Waals surface area contributed by atoms with Gasteiger partial charge in [0.05, 0.1) is 7.11 Å². The fourth-order valence-corrected chi connectivity index (χ4v) is 2.25. The second-order valence-corrected chi connectivity index (χ2v) is 4.73. The molecule has 0 spiro atoms. The zero-order chi connectivity index (χ0) is 13.8.